The number of carbonyl (C=O) groups excluding carboxylic acids is 2. The fourth-order valence-electron chi connectivity index (χ4n) is 3.02. The van der Waals surface area contributed by atoms with E-state index in [2.05, 4.69) is 10.6 Å². The summed E-state index contributed by atoms with van der Waals surface area (Å²) in [7, 11) is -3.31. The van der Waals surface area contributed by atoms with E-state index in [9.17, 15) is 18.0 Å². The number of amides is 2. The topological polar surface area (TPSA) is 95.6 Å². The Hall–Kier alpha value is -1.93. The molecule has 1 aromatic rings. The summed E-state index contributed by atoms with van der Waals surface area (Å²) in [4.78, 5) is 25.2. The molecule has 7 nitrogen and oxygen atoms in total. The molecule has 0 aliphatic carbocycles. The molecule has 0 radical (unpaired) electrons. The standard InChI is InChI=1S/C19H29N3O4S/c1-5-27(25,26)22-12-8-9-14(13-22)17(23)20-16-11-7-6-10-15(16)18(24)21-19(2,3)4/h6-7,10-11,14H,5,8-9,12-13H2,1-4H3,(H,20,23)(H,21,24). The molecule has 1 aliphatic rings. The van der Waals surface area contributed by atoms with Crippen molar-refractivity contribution in [3.63, 3.8) is 0 Å². The molecule has 0 spiro atoms. The molecule has 2 N–H and O–H groups in total. The highest BCUT2D eigenvalue weighted by molar-refractivity contribution is 7.89. The lowest BCUT2D eigenvalue weighted by Crippen LogP contribution is -2.44. The third-order valence-electron chi connectivity index (χ3n) is 4.43. The minimum absolute atomic E-state index is 0.0249. The fourth-order valence-corrected chi connectivity index (χ4v) is 4.20. The first kappa shape index (κ1) is 21.4. The number of anilines is 1. The van der Waals surface area contributed by atoms with Gasteiger partial charge < -0.3 is 10.6 Å². The number of hydrogen-bond donors (Lipinski definition) is 2. The zero-order valence-corrected chi connectivity index (χ0v) is 17.2. The van der Waals surface area contributed by atoms with Crippen molar-refractivity contribution >= 4 is 27.5 Å². The van der Waals surface area contributed by atoms with Crippen LogP contribution in [0.3, 0.4) is 0 Å². The van der Waals surface area contributed by atoms with Gasteiger partial charge in [-0.15, -0.1) is 0 Å². The van der Waals surface area contributed by atoms with Crippen LogP contribution >= 0.6 is 0 Å². The van der Waals surface area contributed by atoms with E-state index >= 15 is 0 Å². The SMILES string of the molecule is CCS(=O)(=O)N1CCCC(C(=O)Nc2ccccc2C(=O)NC(C)(C)C)C1. The van der Waals surface area contributed by atoms with Gasteiger partial charge in [0.25, 0.3) is 5.91 Å². The summed E-state index contributed by atoms with van der Waals surface area (Å²) in [5.41, 5.74) is 0.418. The van der Waals surface area contributed by atoms with Gasteiger partial charge in [0.1, 0.15) is 0 Å². The lowest BCUT2D eigenvalue weighted by atomic mass is 9.98. The molecule has 150 valence electrons. The quantitative estimate of drug-likeness (QED) is 0.799. The third-order valence-corrected chi connectivity index (χ3v) is 6.28. The Morgan fingerprint density at radius 1 is 1.22 bits per heavy atom. The van der Waals surface area contributed by atoms with Crippen LogP contribution in [0.15, 0.2) is 24.3 Å². The minimum atomic E-state index is -3.31. The van der Waals surface area contributed by atoms with Crippen LogP contribution in [0, 0.1) is 5.92 Å². The molecular weight excluding hydrogens is 366 g/mol. The summed E-state index contributed by atoms with van der Waals surface area (Å²) >= 11 is 0. The molecule has 0 aromatic heterocycles. The number of rotatable bonds is 5. The Morgan fingerprint density at radius 2 is 1.89 bits per heavy atom. The second-order valence-electron chi connectivity index (χ2n) is 7.84. The number of carbonyl (C=O) groups is 2. The van der Waals surface area contributed by atoms with Gasteiger partial charge in [-0.1, -0.05) is 12.1 Å². The van der Waals surface area contributed by atoms with Crippen LogP contribution in [-0.2, 0) is 14.8 Å². The predicted octanol–water partition coefficient (Wildman–Crippen LogP) is 2.22. The first-order chi connectivity index (χ1) is 12.5. The van der Waals surface area contributed by atoms with Gasteiger partial charge in [-0.25, -0.2) is 12.7 Å². The maximum absolute atomic E-state index is 12.7. The monoisotopic (exact) mass is 395 g/mol. The fraction of sp³-hybridized carbons (Fsp3) is 0.579. The van der Waals surface area contributed by atoms with Crippen molar-refractivity contribution in [3.8, 4) is 0 Å². The highest BCUT2D eigenvalue weighted by atomic mass is 32.2. The zero-order chi connectivity index (χ0) is 20.2. The normalized spacial score (nSPS) is 18.7. The van der Waals surface area contributed by atoms with Gasteiger partial charge in [-0.3, -0.25) is 9.59 Å². The molecule has 1 saturated heterocycles. The molecule has 8 heteroatoms. The average molecular weight is 396 g/mol. The molecule has 0 saturated carbocycles. The Morgan fingerprint density at radius 3 is 2.52 bits per heavy atom. The maximum Gasteiger partial charge on any atom is 0.253 e. The van der Waals surface area contributed by atoms with E-state index < -0.39 is 21.5 Å². The van der Waals surface area contributed by atoms with Crippen molar-refractivity contribution in [2.45, 2.75) is 46.1 Å². The lowest BCUT2D eigenvalue weighted by Gasteiger charge is -2.31. The number of nitrogens with zero attached hydrogens (tertiary/aromatic N) is 1. The first-order valence-electron chi connectivity index (χ1n) is 9.23. The molecule has 0 bridgehead atoms. The Labute approximate surface area is 161 Å². The summed E-state index contributed by atoms with van der Waals surface area (Å²) in [6, 6.07) is 6.83. The van der Waals surface area contributed by atoms with E-state index in [1.54, 1.807) is 31.2 Å². The van der Waals surface area contributed by atoms with Crippen LogP contribution in [0.5, 0.6) is 0 Å². The second-order valence-corrected chi connectivity index (χ2v) is 10.1. The van der Waals surface area contributed by atoms with Crippen LogP contribution in [-0.4, -0.2) is 48.9 Å². The summed E-state index contributed by atoms with van der Waals surface area (Å²) in [5.74, 6) is -0.935. The van der Waals surface area contributed by atoms with Gasteiger partial charge in [0, 0.05) is 18.6 Å². The van der Waals surface area contributed by atoms with E-state index in [0.717, 1.165) is 0 Å². The van der Waals surface area contributed by atoms with Crippen LogP contribution in [0.4, 0.5) is 5.69 Å². The molecular formula is C19H29N3O4S. The van der Waals surface area contributed by atoms with Crippen molar-refractivity contribution < 1.29 is 18.0 Å². The molecule has 2 rings (SSSR count). The number of sulfonamides is 1. The van der Waals surface area contributed by atoms with Crippen LogP contribution < -0.4 is 10.6 Å². The Kier molecular flexibility index (Phi) is 6.64. The van der Waals surface area contributed by atoms with Crippen LogP contribution in [0.2, 0.25) is 0 Å². The zero-order valence-electron chi connectivity index (χ0n) is 16.4. The maximum atomic E-state index is 12.7. The molecule has 1 aliphatic heterocycles. The minimum Gasteiger partial charge on any atom is -0.347 e. The molecule has 1 fully saturated rings. The molecule has 2 amide bonds. The lowest BCUT2D eigenvalue weighted by molar-refractivity contribution is -0.120. The largest absolute Gasteiger partial charge is 0.347 e. The summed E-state index contributed by atoms with van der Waals surface area (Å²) < 4.78 is 25.6. The smallest absolute Gasteiger partial charge is 0.253 e. The molecule has 27 heavy (non-hydrogen) atoms. The Bertz CT molecular complexity index is 799. The highest BCUT2D eigenvalue weighted by Gasteiger charge is 2.32. The van der Waals surface area contributed by atoms with E-state index in [4.69, 9.17) is 0 Å². The molecule has 1 atom stereocenters. The van der Waals surface area contributed by atoms with E-state index in [1.807, 2.05) is 20.8 Å². The van der Waals surface area contributed by atoms with Crippen LogP contribution in [0.25, 0.3) is 0 Å². The molecule has 1 unspecified atom stereocenters. The van der Waals surface area contributed by atoms with Gasteiger partial charge in [0.2, 0.25) is 15.9 Å². The number of benzene rings is 1. The van der Waals surface area contributed by atoms with E-state index in [0.29, 0.717) is 30.6 Å². The summed E-state index contributed by atoms with van der Waals surface area (Å²) in [6.45, 7) is 7.89. The predicted molar refractivity (Wildman–Crippen MR) is 106 cm³/mol. The van der Waals surface area contributed by atoms with Crippen molar-refractivity contribution in [2.24, 2.45) is 5.92 Å². The second kappa shape index (κ2) is 8.39. The first-order valence-corrected chi connectivity index (χ1v) is 10.8. The van der Waals surface area contributed by atoms with Gasteiger partial charge in [-0.05, 0) is 52.7 Å². The summed E-state index contributed by atoms with van der Waals surface area (Å²) in [5, 5.41) is 5.70. The highest BCUT2D eigenvalue weighted by Crippen LogP contribution is 2.23. The third kappa shape index (κ3) is 5.77. The van der Waals surface area contributed by atoms with Crippen molar-refractivity contribution in [3.05, 3.63) is 29.8 Å². The van der Waals surface area contributed by atoms with Gasteiger partial charge in [0.15, 0.2) is 0 Å². The summed E-state index contributed by atoms with van der Waals surface area (Å²) in [6.07, 6.45) is 1.27. The van der Waals surface area contributed by atoms with Gasteiger partial charge in [0.05, 0.1) is 22.9 Å². The molecule has 1 heterocycles. The average Bonchev–Trinajstić information content (AvgIpc) is 2.60. The molecule has 1 aromatic carbocycles. The van der Waals surface area contributed by atoms with E-state index in [1.165, 1.54) is 4.31 Å². The number of piperidine rings is 1. The van der Waals surface area contributed by atoms with Gasteiger partial charge >= 0.3 is 0 Å². The number of hydrogen-bond acceptors (Lipinski definition) is 4. The van der Waals surface area contributed by atoms with Crippen molar-refractivity contribution in [2.75, 3.05) is 24.2 Å². The number of nitrogens with one attached hydrogen (secondary N) is 2. The number of para-hydroxylation sites is 1. The van der Waals surface area contributed by atoms with Crippen molar-refractivity contribution in [1.82, 2.24) is 9.62 Å². The van der Waals surface area contributed by atoms with E-state index in [-0.39, 0.29) is 24.1 Å². The Balaban J connectivity index is 2.13. The van der Waals surface area contributed by atoms with Crippen molar-refractivity contribution in [1.29, 1.82) is 0 Å². The van der Waals surface area contributed by atoms with Crippen LogP contribution in [0.1, 0.15) is 50.9 Å². The van der Waals surface area contributed by atoms with Gasteiger partial charge in [-0.2, -0.15) is 0 Å².